The van der Waals surface area contributed by atoms with Crippen LogP contribution in [-0.4, -0.2) is 29.3 Å². The van der Waals surface area contributed by atoms with E-state index in [2.05, 4.69) is 15.3 Å². The third-order valence-electron chi connectivity index (χ3n) is 3.89. The molecule has 0 unspecified atom stereocenters. The molecule has 0 fully saturated rings. The van der Waals surface area contributed by atoms with Crippen LogP contribution in [0.15, 0.2) is 30.6 Å². The molecule has 2 aromatic carbocycles. The second-order valence-electron chi connectivity index (χ2n) is 5.53. The highest BCUT2D eigenvalue weighted by molar-refractivity contribution is 5.93. The van der Waals surface area contributed by atoms with Gasteiger partial charge in [0, 0.05) is 17.1 Å². The van der Waals surface area contributed by atoms with E-state index >= 15 is 0 Å². The van der Waals surface area contributed by atoms with E-state index in [4.69, 9.17) is 9.47 Å². The molecule has 0 spiro atoms. The first-order valence-electron chi connectivity index (χ1n) is 8.47. The van der Waals surface area contributed by atoms with Crippen LogP contribution < -0.4 is 14.8 Å². The molecule has 3 aromatic rings. The van der Waals surface area contributed by atoms with Crippen molar-refractivity contribution in [2.45, 2.75) is 27.7 Å². The quantitative estimate of drug-likeness (QED) is 0.658. The minimum Gasteiger partial charge on any atom is -0.507 e. The molecule has 0 radical (unpaired) electrons. The van der Waals surface area contributed by atoms with Gasteiger partial charge in [0.1, 0.15) is 17.9 Å². The van der Waals surface area contributed by atoms with Crippen LogP contribution in [0.2, 0.25) is 0 Å². The van der Waals surface area contributed by atoms with E-state index in [9.17, 15) is 5.11 Å². The number of phenols is 1. The van der Waals surface area contributed by atoms with Gasteiger partial charge in [-0.1, -0.05) is 13.8 Å². The second kappa shape index (κ2) is 8.38. The molecule has 6 nitrogen and oxygen atoms in total. The van der Waals surface area contributed by atoms with E-state index in [0.29, 0.717) is 23.1 Å². The molecule has 1 aromatic heterocycles. The van der Waals surface area contributed by atoms with Crippen molar-refractivity contribution in [3.8, 4) is 17.2 Å². The Morgan fingerprint density at radius 3 is 2.04 bits per heavy atom. The summed E-state index contributed by atoms with van der Waals surface area (Å²) in [5.41, 5.74) is 3.19. The monoisotopic (exact) mass is 355 g/mol. The topological polar surface area (TPSA) is 76.5 Å². The van der Waals surface area contributed by atoms with Gasteiger partial charge in [-0.25, -0.2) is 9.97 Å². The van der Waals surface area contributed by atoms with Gasteiger partial charge < -0.3 is 19.9 Å². The van der Waals surface area contributed by atoms with Gasteiger partial charge in [-0.15, -0.1) is 0 Å². The van der Waals surface area contributed by atoms with Gasteiger partial charge in [-0.05, 0) is 43.2 Å². The second-order valence-corrected chi connectivity index (χ2v) is 5.53. The molecular weight excluding hydrogens is 330 g/mol. The summed E-state index contributed by atoms with van der Waals surface area (Å²) in [6, 6.07) is 7.40. The van der Waals surface area contributed by atoms with Crippen LogP contribution in [0, 0.1) is 13.8 Å². The van der Waals surface area contributed by atoms with E-state index in [0.717, 1.165) is 27.7 Å². The van der Waals surface area contributed by atoms with Crippen LogP contribution in [0.25, 0.3) is 10.9 Å². The summed E-state index contributed by atoms with van der Waals surface area (Å²) in [7, 11) is 3.18. The summed E-state index contributed by atoms with van der Waals surface area (Å²) in [5.74, 6) is 2.19. The van der Waals surface area contributed by atoms with Crippen molar-refractivity contribution in [1.29, 1.82) is 0 Å². The zero-order valence-electron chi connectivity index (χ0n) is 16.0. The molecule has 26 heavy (non-hydrogen) atoms. The van der Waals surface area contributed by atoms with Crippen molar-refractivity contribution in [3.63, 3.8) is 0 Å². The third kappa shape index (κ3) is 3.79. The fourth-order valence-corrected chi connectivity index (χ4v) is 2.65. The van der Waals surface area contributed by atoms with E-state index in [1.807, 2.05) is 52.0 Å². The van der Waals surface area contributed by atoms with E-state index < -0.39 is 0 Å². The van der Waals surface area contributed by atoms with Crippen LogP contribution >= 0.6 is 0 Å². The number of nitrogens with one attached hydrogen (secondary N) is 1. The molecule has 0 aliphatic carbocycles. The summed E-state index contributed by atoms with van der Waals surface area (Å²) in [5, 5.41) is 14.0. The average Bonchev–Trinajstić information content (AvgIpc) is 2.66. The minimum atomic E-state index is 0.305. The molecule has 138 valence electrons. The largest absolute Gasteiger partial charge is 0.507 e. The lowest BCUT2D eigenvalue weighted by molar-refractivity contribution is 0.356. The van der Waals surface area contributed by atoms with Crippen LogP contribution in [0.4, 0.5) is 11.5 Å². The van der Waals surface area contributed by atoms with Crippen molar-refractivity contribution in [1.82, 2.24) is 9.97 Å². The fraction of sp³-hybridized carbons (Fsp3) is 0.300. The Kier molecular flexibility index (Phi) is 6.22. The first kappa shape index (κ1) is 19.3. The molecule has 0 amide bonds. The molecule has 6 heteroatoms. The van der Waals surface area contributed by atoms with Crippen molar-refractivity contribution >= 4 is 22.4 Å². The zero-order valence-corrected chi connectivity index (χ0v) is 16.0. The Labute approximate surface area is 153 Å². The number of benzene rings is 2. The third-order valence-corrected chi connectivity index (χ3v) is 3.89. The van der Waals surface area contributed by atoms with Crippen molar-refractivity contribution < 1.29 is 14.6 Å². The number of ether oxygens (including phenoxy) is 2. The molecule has 1 heterocycles. The molecule has 0 atom stereocenters. The smallest absolute Gasteiger partial charge is 0.162 e. The minimum absolute atomic E-state index is 0.305. The van der Waals surface area contributed by atoms with Crippen molar-refractivity contribution in [2.75, 3.05) is 19.5 Å². The van der Waals surface area contributed by atoms with E-state index in [1.165, 1.54) is 6.33 Å². The number of aromatic hydroxyl groups is 1. The molecular formula is C20H25N3O3. The van der Waals surface area contributed by atoms with Crippen molar-refractivity contribution in [3.05, 3.63) is 41.7 Å². The summed E-state index contributed by atoms with van der Waals surface area (Å²) in [6.07, 6.45) is 1.50. The highest BCUT2D eigenvalue weighted by Gasteiger charge is 2.12. The molecule has 3 rings (SSSR count). The van der Waals surface area contributed by atoms with Gasteiger partial charge in [0.25, 0.3) is 0 Å². The van der Waals surface area contributed by atoms with Gasteiger partial charge >= 0.3 is 0 Å². The van der Waals surface area contributed by atoms with Gasteiger partial charge in [0.05, 0.1) is 19.7 Å². The highest BCUT2D eigenvalue weighted by Crippen LogP contribution is 2.35. The number of aromatic nitrogens is 2. The Morgan fingerprint density at radius 2 is 1.46 bits per heavy atom. The molecule has 0 saturated heterocycles. The first-order chi connectivity index (χ1) is 12.5. The number of anilines is 2. The predicted molar refractivity (Wildman–Crippen MR) is 105 cm³/mol. The number of hydrogen-bond acceptors (Lipinski definition) is 6. The van der Waals surface area contributed by atoms with Crippen LogP contribution in [0.3, 0.4) is 0 Å². The molecule has 0 aliphatic rings. The van der Waals surface area contributed by atoms with Crippen LogP contribution in [0.1, 0.15) is 25.0 Å². The molecule has 2 N–H and O–H groups in total. The number of nitrogens with zero attached hydrogens (tertiary/aromatic N) is 2. The summed E-state index contributed by atoms with van der Waals surface area (Å²) in [4.78, 5) is 8.62. The Bertz CT molecular complexity index is 887. The Morgan fingerprint density at radius 1 is 0.885 bits per heavy atom. The predicted octanol–water partition coefficient (Wildman–Crippen LogP) is 4.74. The number of fused-ring (bicyclic) bond motifs is 1. The Hall–Kier alpha value is -3.02. The van der Waals surface area contributed by atoms with Gasteiger partial charge in [-0.2, -0.15) is 0 Å². The molecule has 0 saturated carbocycles. The van der Waals surface area contributed by atoms with Gasteiger partial charge in [-0.3, -0.25) is 0 Å². The fourth-order valence-electron chi connectivity index (χ4n) is 2.65. The molecule has 0 aliphatic heterocycles. The maximum absolute atomic E-state index is 9.91. The summed E-state index contributed by atoms with van der Waals surface area (Å²) < 4.78 is 10.7. The number of aryl methyl sites for hydroxylation is 2. The van der Waals surface area contributed by atoms with Crippen LogP contribution in [0.5, 0.6) is 17.2 Å². The first-order valence-corrected chi connectivity index (χ1v) is 8.47. The maximum atomic E-state index is 9.91. The average molecular weight is 355 g/mol. The standard InChI is InChI=1S/C18H19N3O3.C2H6/c1-10-5-12(6-11(2)17(10)22)21-18-13-7-15(23-3)16(24-4)8-14(13)19-9-20-18;1-2/h5-9,22H,1-4H3,(H,19,20,21);1-2H3. The molecule has 0 bridgehead atoms. The lowest BCUT2D eigenvalue weighted by Crippen LogP contribution is -1.98. The number of rotatable bonds is 4. The highest BCUT2D eigenvalue weighted by atomic mass is 16.5. The number of hydrogen-bond donors (Lipinski definition) is 2. The number of phenolic OH excluding ortho intramolecular Hbond substituents is 1. The zero-order chi connectivity index (χ0) is 19.3. The van der Waals surface area contributed by atoms with Gasteiger partial charge in [0.15, 0.2) is 11.5 Å². The van der Waals surface area contributed by atoms with Crippen LogP contribution in [-0.2, 0) is 0 Å². The summed E-state index contributed by atoms with van der Waals surface area (Å²) in [6.45, 7) is 7.72. The summed E-state index contributed by atoms with van der Waals surface area (Å²) >= 11 is 0. The van der Waals surface area contributed by atoms with Gasteiger partial charge in [0.2, 0.25) is 0 Å². The van der Waals surface area contributed by atoms with Crippen molar-refractivity contribution in [2.24, 2.45) is 0 Å². The Balaban J connectivity index is 0.00000117. The lowest BCUT2D eigenvalue weighted by Gasteiger charge is -2.13. The van der Waals surface area contributed by atoms with E-state index in [-0.39, 0.29) is 0 Å². The van der Waals surface area contributed by atoms with E-state index in [1.54, 1.807) is 14.2 Å². The normalized spacial score (nSPS) is 10.1. The lowest BCUT2D eigenvalue weighted by atomic mass is 10.1. The number of methoxy groups -OCH3 is 2. The SMILES string of the molecule is CC.COc1cc2ncnc(Nc3cc(C)c(O)c(C)c3)c2cc1OC. The maximum Gasteiger partial charge on any atom is 0.162 e.